The molecular formula is C24H22BrN3O2S. The van der Waals surface area contributed by atoms with E-state index in [4.69, 9.17) is 4.42 Å². The first-order valence-electron chi connectivity index (χ1n) is 9.95. The lowest BCUT2D eigenvalue weighted by Gasteiger charge is -2.21. The number of aryl methyl sites for hydroxylation is 2. The zero-order chi connectivity index (χ0) is 21.8. The maximum Gasteiger partial charge on any atom is 0.291 e. The van der Waals surface area contributed by atoms with Gasteiger partial charge in [-0.1, -0.05) is 35.0 Å². The highest BCUT2D eigenvalue weighted by Gasteiger charge is 2.23. The summed E-state index contributed by atoms with van der Waals surface area (Å²) in [7, 11) is 0. The first-order valence-corrected chi connectivity index (χ1v) is 11.6. The molecule has 7 heteroatoms. The minimum atomic E-state index is -0.266. The van der Waals surface area contributed by atoms with Crippen molar-refractivity contribution < 1.29 is 9.21 Å². The number of hydrogen-bond donors (Lipinski definition) is 2. The number of thiophene rings is 1. The van der Waals surface area contributed by atoms with E-state index in [9.17, 15) is 4.79 Å². The minimum absolute atomic E-state index is 0.199. The number of aromatic nitrogens is 1. The number of carbonyl (C=O) groups is 1. The van der Waals surface area contributed by atoms with E-state index in [0.29, 0.717) is 0 Å². The van der Waals surface area contributed by atoms with Gasteiger partial charge in [-0.3, -0.25) is 4.79 Å². The van der Waals surface area contributed by atoms with E-state index in [2.05, 4.69) is 56.7 Å². The number of hydrogen-bond acceptors (Lipinski definition) is 5. The molecule has 5 nitrogen and oxygen atoms in total. The summed E-state index contributed by atoms with van der Waals surface area (Å²) >= 11 is 5.16. The molecular weight excluding hydrogens is 474 g/mol. The molecule has 0 aliphatic rings. The van der Waals surface area contributed by atoms with Crippen molar-refractivity contribution in [2.45, 2.75) is 26.3 Å². The molecule has 1 aromatic carbocycles. The molecule has 31 heavy (non-hydrogen) atoms. The van der Waals surface area contributed by atoms with Crippen LogP contribution in [0.3, 0.4) is 0 Å². The largest absolute Gasteiger partial charge is 0.459 e. The second-order valence-electron chi connectivity index (χ2n) is 7.13. The molecule has 0 saturated heterocycles. The van der Waals surface area contributed by atoms with Crippen LogP contribution < -0.4 is 10.6 Å². The lowest BCUT2D eigenvalue weighted by Crippen LogP contribution is -2.17. The van der Waals surface area contributed by atoms with Crippen molar-refractivity contribution in [1.29, 1.82) is 0 Å². The average molecular weight is 496 g/mol. The third-order valence-corrected chi connectivity index (χ3v) is 6.54. The highest BCUT2D eigenvalue weighted by Crippen LogP contribution is 2.38. The molecule has 3 heterocycles. The molecule has 4 rings (SSSR count). The molecule has 0 radical (unpaired) electrons. The van der Waals surface area contributed by atoms with Gasteiger partial charge >= 0.3 is 0 Å². The Bertz CT molecular complexity index is 1190. The van der Waals surface area contributed by atoms with Gasteiger partial charge in [0.2, 0.25) is 0 Å². The van der Waals surface area contributed by atoms with Crippen LogP contribution >= 0.6 is 27.3 Å². The van der Waals surface area contributed by atoms with Crippen molar-refractivity contribution >= 4 is 44.0 Å². The van der Waals surface area contributed by atoms with Crippen molar-refractivity contribution in [3.63, 3.8) is 0 Å². The first kappa shape index (κ1) is 21.3. The van der Waals surface area contributed by atoms with Gasteiger partial charge in [-0.25, -0.2) is 4.98 Å². The molecule has 2 N–H and O–H groups in total. The standard InChI is InChI=1S/C24H22BrN3O2S/c1-3-18-14-19(24(31-18)28-23(29)20-8-5-11-30-20)22(16-6-4-7-17(25)13-16)27-21-12-15(2)9-10-26-21/h4-14,22H,3H2,1-2H3,(H,26,27)(H,28,29)/t22-/m1/s1. The normalized spacial score (nSPS) is 11.8. The highest BCUT2D eigenvalue weighted by molar-refractivity contribution is 9.10. The van der Waals surface area contributed by atoms with Crippen molar-refractivity contribution in [1.82, 2.24) is 4.98 Å². The smallest absolute Gasteiger partial charge is 0.291 e. The molecule has 0 spiro atoms. The van der Waals surface area contributed by atoms with Crippen LogP contribution in [0.4, 0.5) is 10.8 Å². The third kappa shape index (κ3) is 5.06. The number of nitrogens with one attached hydrogen (secondary N) is 2. The summed E-state index contributed by atoms with van der Waals surface area (Å²) in [6.07, 6.45) is 4.17. The number of anilines is 2. The predicted molar refractivity (Wildman–Crippen MR) is 129 cm³/mol. The van der Waals surface area contributed by atoms with Gasteiger partial charge in [0.25, 0.3) is 5.91 Å². The predicted octanol–water partition coefficient (Wildman–Crippen LogP) is 6.82. The third-order valence-electron chi connectivity index (χ3n) is 4.83. The topological polar surface area (TPSA) is 67.2 Å². The number of benzene rings is 1. The Morgan fingerprint density at radius 1 is 1.19 bits per heavy atom. The van der Waals surface area contributed by atoms with Gasteiger partial charge in [-0.15, -0.1) is 11.3 Å². The van der Waals surface area contributed by atoms with Crippen LogP contribution in [0.15, 0.2) is 75.9 Å². The van der Waals surface area contributed by atoms with E-state index in [-0.39, 0.29) is 17.7 Å². The summed E-state index contributed by atoms with van der Waals surface area (Å²) in [6.45, 7) is 4.15. The first-order chi connectivity index (χ1) is 15.0. The fourth-order valence-electron chi connectivity index (χ4n) is 3.31. The fraction of sp³-hybridized carbons (Fsp3) is 0.167. The Morgan fingerprint density at radius 3 is 2.77 bits per heavy atom. The Kier molecular flexibility index (Phi) is 6.53. The number of pyridine rings is 1. The number of rotatable bonds is 7. The Labute approximate surface area is 193 Å². The molecule has 0 aliphatic heterocycles. The Balaban J connectivity index is 1.76. The second kappa shape index (κ2) is 9.49. The van der Waals surface area contributed by atoms with E-state index < -0.39 is 0 Å². The van der Waals surface area contributed by atoms with Crippen LogP contribution in [0.25, 0.3) is 0 Å². The molecule has 0 unspecified atom stereocenters. The van der Waals surface area contributed by atoms with Crippen LogP contribution in [0.1, 0.15) is 45.1 Å². The van der Waals surface area contributed by atoms with Crippen molar-refractivity contribution in [2.24, 2.45) is 0 Å². The second-order valence-corrected chi connectivity index (χ2v) is 9.19. The number of amides is 1. The maximum atomic E-state index is 12.7. The van der Waals surface area contributed by atoms with E-state index in [1.165, 1.54) is 11.1 Å². The van der Waals surface area contributed by atoms with Crippen LogP contribution in [0, 0.1) is 6.92 Å². The van der Waals surface area contributed by atoms with E-state index in [1.54, 1.807) is 29.7 Å². The molecule has 1 amide bonds. The molecule has 0 aliphatic carbocycles. The van der Waals surface area contributed by atoms with E-state index in [0.717, 1.165) is 38.4 Å². The van der Waals surface area contributed by atoms with E-state index >= 15 is 0 Å². The van der Waals surface area contributed by atoms with Gasteiger partial charge < -0.3 is 15.1 Å². The summed E-state index contributed by atoms with van der Waals surface area (Å²) in [5.74, 6) is 0.791. The molecule has 0 bridgehead atoms. The van der Waals surface area contributed by atoms with E-state index in [1.807, 2.05) is 31.2 Å². The fourth-order valence-corrected chi connectivity index (χ4v) is 4.75. The highest BCUT2D eigenvalue weighted by atomic mass is 79.9. The molecule has 0 fully saturated rings. The number of carbonyl (C=O) groups excluding carboxylic acids is 1. The SMILES string of the molecule is CCc1cc([C@H](Nc2cc(C)ccn2)c2cccc(Br)c2)c(NC(=O)c2ccco2)s1. The summed E-state index contributed by atoms with van der Waals surface area (Å²) in [5, 5.41) is 7.40. The lowest BCUT2D eigenvalue weighted by molar-refractivity contribution is 0.0997. The summed E-state index contributed by atoms with van der Waals surface area (Å²) in [6, 6.07) is 17.4. The number of furan rings is 1. The summed E-state index contributed by atoms with van der Waals surface area (Å²) in [4.78, 5) is 18.4. The van der Waals surface area contributed by atoms with Gasteiger partial charge in [-0.2, -0.15) is 0 Å². The van der Waals surface area contributed by atoms with Crippen LogP contribution in [-0.4, -0.2) is 10.9 Å². The number of nitrogens with zero attached hydrogens (tertiary/aromatic N) is 1. The molecule has 1 atom stereocenters. The van der Waals surface area contributed by atoms with Gasteiger partial charge in [-0.05, 0) is 66.9 Å². The van der Waals surface area contributed by atoms with Crippen LogP contribution in [0.5, 0.6) is 0 Å². The zero-order valence-electron chi connectivity index (χ0n) is 17.2. The maximum absolute atomic E-state index is 12.7. The van der Waals surface area contributed by atoms with Gasteiger partial charge in [0, 0.05) is 21.1 Å². The zero-order valence-corrected chi connectivity index (χ0v) is 19.6. The molecule has 0 saturated carbocycles. The summed E-state index contributed by atoms with van der Waals surface area (Å²) < 4.78 is 6.26. The van der Waals surface area contributed by atoms with Crippen LogP contribution in [-0.2, 0) is 6.42 Å². The quantitative estimate of drug-likeness (QED) is 0.295. The van der Waals surface area contributed by atoms with Crippen molar-refractivity contribution in [2.75, 3.05) is 10.6 Å². The monoisotopic (exact) mass is 495 g/mol. The minimum Gasteiger partial charge on any atom is -0.459 e. The lowest BCUT2D eigenvalue weighted by atomic mass is 9.99. The van der Waals surface area contributed by atoms with Gasteiger partial charge in [0.05, 0.1) is 12.3 Å². The summed E-state index contributed by atoms with van der Waals surface area (Å²) in [5.41, 5.74) is 3.17. The molecule has 158 valence electrons. The Hall–Kier alpha value is -2.90. The average Bonchev–Trinajstić information content (AvgIpc) is 3.42. The van der Waals surface area contributed by atoms with Gasteiger partial charge in [0.15, 0.2) is 5.76 Å². The molecule has 4 aromatic rings. The molecule has 3 aromatic heterocycles. The Morgan fingerprint density at radius 2 is 2.06 bits per heavy atom. The van der Waals surface area contributed by atoms with Crippen LogP contribution in [0.2, 0.25) is 0 Å². The van der Waals surface area contributed by atoms with Gasteiger partial charge in [0.1, 0.15) is 10.8 Å². The van der Waals surface area contributed by atoms with Crippen molar-refractivity contribution in [3.05, 3.63) is 98.9 Å². The van der Waals surface area contributed by atoms with Crippen molar-refractivity contribution in [3.8, 4) is 0 Å². The number of halogens is 1.